The minimum atomic E-state index is -0.901. The van der Waals surface area contributed by atoms with Gasteiger partial charge in [-0.2, -0.15) is 0 Å². The van der Waals surface area contributed by atoms with Gasteiger partial charge in [-0.25, -0.2) is 0 Å². The molecule has 0 aromatic heterocycles. The summed E-state index contributed by atoms with van der Waals surface area (Å²) in [5, 5.41) is 8.73. The van der Waals surface area contributed by atoms with E-state index in [0.717, 1.165) is 25.7 Å². The first-order chi connectivity index (χ1) is 6.15. The van der Waals surface area contributed by atoms with Crippen LogP contribution in [0.15, 0.2) is 0 Å². The summed E-state index contributed by atoms with van der Waals surface area (Å²) >= 11 is 0. The van der Waals surface area contributed by atoms with Crippen molar-refractivity contribution in [1.29, 1.82) is 0 Å². The number of ether oxygens (including phenoxy) is 1. The van der Waals surface area contributed by atoms with Crippen molar-refractivity contribution in [2.24, 2.45) is 11.7 Å². The monoisotopic (exact) mass is 187 g/mol. The van der Waals surface area contributed by atoms with Gasteiger partial charge < -0.3 is 15.6 Å². The second-order valence-corrected chi connectivity index (χ2v) is 3.65. The summed E-state index contributed by atoms with van der Waals surface area (Å²) in [6, 6.07) is -0.724. The zero-order chi connectivity index (χ0) is 9.84. The van der Waals surface area contributed by atoms with Crippen LogP contribution in [0.5, 0.6) is 0 Å². The van der Waals surface area contributed by atoms with Gasteiger partial charge in [-0.05, 0) is 25.2 Å². The van der Waals surface area contributed by atoms with Gasteiger partial charge in [-0.3, -0.25) is 4.79 Å². The predicted octanol–water partition coefficient (Wildman–Crippen LogP) is 0.603. The Kier molecular flexibility index (Phi) is 3.69. The van der Waals surface area contributed by atoms with Crippen LogP contribution in [0.25, 0.3) is 0 Å². The molecule has 76 valence electrons. The van der Waals surface area contributed by atoms with Crippen LogP contribution in [-0.4, -0.2) is 30.3 Å². The largest absolute Gasteiger partial charge is 0.480 e. The highest BCUT2D eigenvalue weighted by atomic mass is 16.5. The third-order valence-corrected chi connectivity index (χ3v) is 2.79. The summed E-state index contributed by atoms with van der Waals surface area (Å²) in [5.74, 6) is -0.821. The van der Waals surface area contributed by atoms with Crippen LogP contribution in [-0.2, 0) is 9.53 Å². The van der Waals surface area contributed by atoms with Crippen molar-refractivity contribution >= 4 is 5.97 Å². The summed E-state index contributed by atoms with van der Waals surface area (Å²) < 4.78 is 5.20. The molecule has 1 aliphatic carbocycles. The van der Waals surface area contributed by atoms with Crippen LogP contribution in [0.1, 0.15) is 25.7 Å². The normalized spacial score (nSPS) is 31.2. The van der Waals surface area contributed by atoms with Gasteiger partial charge in [-0.1, -0.05) is 6.42 Å². The molecule has 13 heavy (non-hydrogen) atoms. The lowest BCUT2D eigenvalue weighted by Gasteiger charge is -2.30. The van der Waals surface area contributed by atoms with E-state index < -0.39 is 12.0 Å². The van der Waals surface area contributed by atoms with Crippen LogP contribution in [0, 0.1) is 5.92 Å². The second kappa shape index (κ2) is 4.58. The molecule has 2 unspecified atom stereocenters. The Morgan fingerprint density at radius 2 is 2.31 bits per heavy atom. The Hall–Kier alpha value is -0.610. The van der Waals surface area contributed by atoms with Gasteiger partial charge in [0.15, 0.2) is 0 Å². The van der Waals surface area contributed by atoms with Crippen LogP contribution in [0.4, 0.5) is 0 Å². The summed E-state index contributed by atoms with van der Waals surface area (Å²) in [6.07, 6.45) is 3.94. The quantitative estimate of drug-likeness (QED) is 0.678. The SMILES string of the molecule is COC1CCCC([C@@H](N)C(=O)O)C1. The average molecular weight is 187 g/mol. The highest BCUT2D eigenvalue weighted by Gasteiger charge is 2.29. The third-order valence-electron chi connectivity index (χ3n) is 2.79. The fourth-order valence-corrected chi connectivity index (χ4v) is 1.92. The molecule has 0 bridgehead atoms. The van der Waals surface area contributed by atoms with Gasteiger partial charge >= 0.3 is 5.97 Å². The van der Waals surface area contributed by atoms with Crippen LogP contribution in [0.3, 0.4) is 0 Å². The topological polar surface area (TPSA) is 72.5 Å². The van der Waals surface area contributed by atoms with Crippen molar-refractivity contribution in [3.63, 3.8) is 0 Å². The molecule has 3 atom stereocenters. The van der Waals surface area contributed by atoms with Crippen LogP contribution >= 0.6 is 0 Å². The Morgan fingerprint density at radius 1 is 1.62 bits per heavy atom. The molecular weight excluding hydrogens is 170 g/mol. The van der Waals surface area contributed by atoms with Crippen molar-refractivity contribution in [3.8, 4) is 0 Å². The number of carboxylic acids is 1. The van der Waals surface area contributed by atoms with E-state index in [1.807, 2.05) is 0 Å². The lowest BCUT2D eigenvalue weighted by Crippen LogP contribution is -2.41. The van der Waals surface area contributed by atoms with Gasteiger partial charge in [0.05, 0.1) is 6.10 Å². The van der Waals surface area contributed by atoms with Crippen LogP contribution in [0.2, 0.25) is 0 Å². The third kappa shape index (κ3) is 2.67. The first-order valence-electron chi connectivity index (χ1n) is 4.66. The second-order valence-electron chi connectivity index (χ2n) is 3.65. The molecule has 4 nitrogen and oxygen atoms in total. The molecule has 1 rings (SSSR count). The van der Waals surface area contributed by atoms with Gasteiger partial charge in [0.2, 0.25) is 0 Å². The minimum absolute atomic E-state index is 0.0798. The molecule has 0 aromatic rings. The molecule has 0 amide bonds. The zero-order valence-corrected chi connectivity index (χ0v) is 7.90. The van der Waals surface area contributed by atoms with Crippen molar-refractivity contribution < 1.29 is 14.6 Å². The highest BCUT2D eigenvalue weighted by Crippen LogP contribution is 2.27. The Balaban J connectivity index is 2.46. The number of carbonyl (C=O) groups is 1. The van der Waals surface area contributed by atoms with Gasteiger partial charge in [0.1, 0.15) is 6.04 Å². The number of methoxy groups -OCH3 is 1. The van der Waals surface area contributed by atoms with Crippen molar-refractivity contribution in [2.45, 2.75) is 37.8 Å². The van der Waals surface area contributed by atoms with E-state index in [-0.39, 0.29) is 12.0 Å². The number of hydrogen-bond acceptors (Lipinski definition) is 3. The molecule has 1 fully saturated rings. The smallest absolute Gasteiger partial charge is 0.320 e. The van der Waals surface area contributed by atoms with Crippen molar-refractivity contribution in [2.75, 3.05) is 7.11 Å². The van der Waals surface area contributed by atoms with Crippen LogP contribution < -0.4 is 5.73 Å². The number of carboxylic acid groups (broad SMARTS) is 1. The standard InChI is InChI=1S/C9H17NO3/c1-13-7-4-2-3-6(5-7)8(10)9(11)12/h6-8H,2-5,10H2,1H3,(H,11,12)/t6?,7?,8-/m1/s1. The fraction of sp³-hybridized carbons (Fsp3) is 0.889. The number of rotatable bonds is 3. The average Bonchev–Trinajstić information content (AvgIpc) is 2.16. The predicted molar refractivity (Wildman–Crippen MR) is 48.4 cm³/mol. The van der Waals surface area contributed by atoms with E-state index in [2.05, 4.69) is 0 Å². The van der Waals surface area contributed by atoms with Gasteiger partial charge in [0.25, 0.3) is 0 Å². The van der Waals surface area contributed by atoms with Gasteiger partial charge in [0, 0.05) is 7.11 Å². The van der Waals surface area contributed by atoms with Gasteiger partial charge in [-0.15, -0.1) is 0 Å². The molecule has 0 radical (unpaired) electrons. The van der Waals surface area contributed by atoms with E-state index in [9.17, 15) is 4.79 Å². The molecule has 0 saturated heterocycles. The summed E-state index contributed by atoms with van der Waals surface area (Å²) in [5.41, 5.74) is 5.55. The summed E-state index contributed by atoms with van der Waals surface area (Å²) in [7, 11) is 1.67. The minimum Gasteiger partial charge on any atom is -0.480 e. The maximum absolute atomic E-state index is 10.6. The maximum atomic E-state index is 10.6. The van der Waals surface area contributed by atoms with E-state index in [0.29, 0.717) is 0 Å². The summed E-state index contributed by atoms with van der Waals surface area (Å²) in [4.78, 5) is 10.6. The van der Waals surface area contributed by atoms with E-state index >= 15 is 0 Å². The van der Waals surface area contributed by atoms with E-state index in [1.54, 1.807) is 7.11 Å². The molecule has 1 aliphatic rings. The first-order valence-corrected chi connectivity index (χ1v) is 4.66. The molecule has 0 aliphatic heterocycles. The van der Waals surface area contributed by atoms with Crippen molar-refractivity contribution in [3.05, 3.63) is 0 Å². The lowest BCUT2D eigenvalue weighted by molar-refractivity contribution is -0.140. The molecule has 4 heteroatoms. The molecular formula is C9H17NO3. The molecule has 1 saturated carbocycles. The maximum Gasteiger partial charge on any atom is 0.320 e. The first kappa shape index (κ1) is 10.5. The van der Waals surface area contributed by atoms with E-state index in [4.69, 9.17) is 15.6 Å². The number of hydrogen-bond donors (Lipinski definition) is 2. The Morgan fingerprint density at radius 3 is 2.85 bits per heavy atom. The molecule has 0 aromatic carbocycles. The number of aliphatic carboxylic acids is 1. The zero-order valence-electron chi connectivity index (χ0n) is 7.90. The molecule has 0 heterocycles. The highest BCUT2D eigenvalue weighted by molar-refractivity contribution is 5.73. The lowest BCUT2D eigenvalue weighted by atomic mass is 9.82. The number of nitrogens with two attached hydrogens (primary N) is 1. The molecule has 3 N–H and O–H groups in total. The summed E-state index contributed by atoms with van der Waals surface area (Å²) in [6.45, 7) is 0. The Labute approximate surface area is 78.1 Å². The van der Waals surface area contributed by atoms with Crippen molar-refractivity contribution in [1.82, 2.24) is 0 Å². The van der Waals surface area contributed by atoms with E-state index in [1.165, 1.54) is 0 Å². The fourth-order valence-electron chi connectivity index (χ4n) is 1.92. The molecule has 0 spiro atoms. The Bertz CT molecular complexity index is 184.